The van der Waals surface area contributed by atoms with E-state index in [0.29, 0.717) is 6.42 Å². The van der Waals surface area contributed by atoms with Gasteiger partial charge in [0.15, 0.2) is 0 Å². The van der Waals surface area contributed by atoms with Crippen molar-refractivity contribution >= 4 is 19.3 Å². The van der Waals surface area contributed by atoms with Crippen molar-refractivity contribution in [1.82, 2.24) is 4.90 Å². The van der Waals surface area contributed by atoms with Crippen molar-refractivity contribution < 1.29 is 19.0 Å². The van der Waals surface area contributed by atoms with Gasteiger partial charge in [-0.05, 0) is 47.8 Å². The van der Waals surface area contributed by atoms with Crippen LogP contribution >= 0.6 is 7.37 Å². The molecular weight excluding hydrogens is 459 g/mol. The monoisotopic (exact) mass is 500 g/mol. The summed E-state index contributed by atoms with van der Waals surface area (Å²) < 4.78 is 13.3. The van der Waals surface area contributed by atoms with Crippen molar-refractivity contribution in [3.05, 3.63) is 71.3 Å². The molecule has 2 aromatic carbocycles. The van der Waals surface area contributed by atoms with E-state index in [9.17, 15) is 19.0 Å². The van der Waals surface area contributed by atoms with Gasteiger partial charge in [0.25, 0.3) is 0 Å². The molecule has 0 spiro atoms. The number of urea groups is 1. The number of benzene rings is 2. The molecule has 3 atom stereocenters. The van der Waals surface area contributed by atoms with Gasteiger partial charge < -0.3 is 10.6 Å². The van der Waals surface area contributed by atoms with Gasteiger partial charge in [-0.1, -0.05) is 89.2 Å². The van der Waals surface area contributed by atoms with E-state index >= 15 is 0 Å². The highest BCUT2D eigenvalue weighted by Gasteiger charge is 2.39. The standard InChI is InChI=1S/C28H41N2O4P/c1-20(2)16-25(26(31)30(27(29)32)21(3)28(4,5)6)19-35(33,34)18-24-14-12-23(13-15-24)17-22-10-8-7-9-11-22/h7-15,20-21,25H,16-19H2,1-6H3,(H2,29,32)(H,33,34)/t21-,25-/m1/s1. The fourth-order valence-corrected chi connectivity index (χ4v) is 6.09. The van der Waals surface area contributed by atoms with Crippen LogP contribution in [0.15, 0.2) is 54.6 Å². The lowest BCUT2D eigenvalue weighted by molar-refractivity contribution is -0.135. The Morgan fingerprint density at radius 1 is 0.943 bits per heavy atom. The zero-order chi connectivity index (χ0) is 26.4. The smallest absolute Gasteiger partial charge is 0.321 e. The molecule has 35 heavy (non-hydrogen) atoms. The average molecular weight is 501 g/mol. The first-order valence-electron chi connectivity index (χ1n) is 12.2. The summed E-state index contributed by atoms with van der Waals surface area (Å²) in [5, 5.41) is 0. The molecule has 0 aliphatic carbocycles. The molecule has 0 saturated heterocycles. The Morgan fingerprint density at radius 2 is 1.46 bits per heavy atom. The van der Waals surface area contributed by atoms with Crippen LogP contribution in [0.4, 0.5) is 4.79 Å². The lowest BCUT2D eigenvalue weighted by Crippen LogP contribution is -2.53. The van der Waals surface area contributed by atoms with Crippen LogP contribution in [0.2, 0.25) is 0 Å². The third-order valence-electron chi connectivity index (χ3n) is 6.43. The van der Waals surface area contributed by atoms with Crippen LogP contribution in [0.25, 0.3) is 0 Å². The van der Waals surface area contributed by atoms with Crippen molar-refractivity contribution in [1.29, 1.82) is 0 Å². The number of amides is 3. The number of rotatable bonds is 10. The van der Waals surface area contributed by atoms with E-state index in [1.165, 1.54) is 5.56 Å². The normalized spacial score (nSPS) is 15.3. The molecule has 0 saturated carbocycles. The molecule has 2 rings (SSSR count). The minimum absolute atomic E-state index is 0.0219. The van der Waals surface area contributed by atoms with E-state index in [1.54, 1.807) is 6.92 Å². The lowest BCUT2D eigenvalue weighted by Gasteiger charge is -2.37. The highest BCUT2D eigenvalue weighted by Crippen LogP contribution is 2.47. The Morgan fingerprint density at radius 3 is 1.94 bits per heavy atom. The number of nitrogens with zero attached hydrogens (tertiary/aromatic N) is 1. The molecule has 6 nitrogen and oxygen atoms in total. The second-order valence-corrected chi connectivity index (χ2v) is 13.5. The first-order chi connectivity index (χ1) is 16.2. The number of nitrogens with two attached hydrogens (primary N) is 1. The van der Waals surface area contributed by atoms with Crippen LogP contribution in [0, 0.1) is 17.3 Å². The summed E-state index contributed by atoms with van der Waals surface area (Å²) in [5.74, 6) is -1.12. The van der Waals surface area contributed by atoms with Crippen LogP contribution < -0.4 is 5.73 Å². The maximum atomic E-state index is 13.4. The first kappa shape index (κ1) is 28.8. The number of hydrogen-bond donors (Lipinski definition) is 2. The van der Waals surface area contributed by atoms with Gasteiger partial charge >= 0.3 is 6.03 Å². The molecule has 3 amide bonds. The lowest BCUT2D eigenvalue weighted by atomic mass is 9.86. The van der Waals surface area contributed by atoms with Gasteiger partial charge in [-0.2, -0.15) is 0 Å². The number of primary amides is 1. The maximum absolute atomic E-state index is 13.4. The van der Waals surface area contributed by atoms with Crippen LogP contribution in [0.3, 0.4) is 0 Å². The summed E-state index contributed by atoms with van der Waals surface area (Å²) in [6, 6.07) is 16.5. The fourth-order valence-electron chi connectivity index (χ4n) is 4.19. The molecule has 192 valence electrons. The predicted molar refractivity (Wildman–Crippen MR) is 142 cm³/mol. The zero-order valence-electron chi connectivity index (χ0n) is 21.9. The van der Waals surface area contributed by atoms with E-state index in [-0.39, 0.29) is 23.7 Å². The Kier molecular flexibility index (Phi) is 9.88. The topological polar surface area (TPSA) is 101 Å². The molecule has 0 radical (unpaired) electrons. The SMILES string of the molecule is CC(C)C[C@H](CP(=O)(O)Cc1ccc(Cc2ccccc2)cc1)C(=O)N(C(N)=O)[C@H](C)C(C)(C)C. The van der Waals surface area contributed by atoms with Gasteiger partial charge in [0, 0.05) is 24.3 Å². The predicted octanol–water partition coefficient (Wildman–Crippen LogP) is 6.05. The van der Waals surface area contributed by atoms with Crippen molar-refractivity contribution in [2.24, 2.45) is 23.0 Å². The average Bonchev–Trinajstić information content (AvgIpc) is 2.74. The first-order valence-corrected chi connectivity index (χ1v) is 14.3. The number of carbonyl (C=O) groups is 2. The Hall–Kier alpha value is -2.43. The Balaban J connectivity index is 2.17. The molecule has 3 N–H and O–H groups in total. The summed E-state index contributed by atoms with van der Waals surface area (Å²) in [6.45, 7) is 11.5. The van der Waals surface area contributed by atoms with E-state index in [2.05, 4.69) is 12.1 Å². The van der Waals surface area contributed by atoms with E-state index < -0.39 is 31.3 Å². The molecule has 0 fully saturated rings. The molecular formula is C28H41N2O4P. The summed E-state index contributed by atoms with van der Waals surface area (Å²) in [6.07, 6.45) is 0.986. The van der Waals surface area contributed by atoms with Gasteiger partial charge in [0.2, 0.25) is 13.3 Å². The van der Waals surface area contributed by atoms with E-state index in [4.69, 9.17) is 5.73 Å². The Labute approximate surface area is 210 Å². The maximum Gasteiger partial charge on any atom is 0.321 e. The Bertz CT molecular complexity index is 1030. The molecule has 2 aromatic rings. The number of carbonyl (C=O) groups excluding carboxylic acids is 2. The van der Waals surface area contributed by atoms with E-state index in [0.717, 1.165) is 22.4 Å². The van der Waals surface area contributed by atoms with Crippen molar-refractivity contribution in [3.8, 4) is 0 Å². The molecule has 0 aromatic heterocycles. The number of imide groups is 1. The van der Waals surface area contributed by atoms with Crippen molar-refractivity contribution in [2.45, 2.75) is 66.6 Å². The van der Waals surface area contributed by atoms with Gasteiger partial charge in [0.05, 0.1) is 0 Å². The summed E-state index contributed by atoms with van der Waals surface area (Å²) in [7, 11) is -3.70. The number of hydrogen-bond acceptors (Lipinski definition) is 3. The second kappa shape index (κ2) is 12.0. The summed E-state index contributed by atoms with van der Waals surface area (Å²) in [5.41, 5.74) is 8.29. The van der Waals surface area contributed by atoms with Gasteiger partial charge in [0.1, 0.15) is 0 Å². The van der Waals surface area contributed by atoms with Crippen LogP contribution in [0.5, 0.6) is 0 Å². The molecule has 0 aliphatic rings. The third-order valence-corrected chi connectivity index (χ3v) is 8.30. The quantitative estimate of drug-likeness (QED) is 0.388. The van der Waals surface area contributed by atoms with Crippen molar-refractivity contribution in [2.75, 3.05) is 6.16 Å². The molecule has 0 heterocycles. The van der Waals surface area contributed by atoms with Crippen LogP contribution in [-0.2, 0) is 21.9 Å². The van der Waals surface area contributed by atoms with E-state index in [1.807, 2.05) is 77.1 Å². The largest absolute Gasteiger partial charge is 0.351 e. The minimum atomic E-state index is -3.70. The molecule has 1 unspecified atom stereocenters. The summed E-state index contributed by atoms with van der Waals surface area (Å²) >= 11 is 0. The van der Waals surface area contributed by atoms with Crippen molar-refractivity contribution in [3.63, 3.8) is 0 Å². The van der Waals surface area contributed by atoms with Gasteiger partial charge in [-0.15, -0.1) is 0 Å². The van der Waals surface area contributed by atoms with Gasteiger partial charge in [-0.3, -0.25) is 14.3 Å². The molecule has 0 aliphatic heterocycles. The van der Waals surface area contributed by atoms with Crippen LogP contribution in [-0.4, -0.2) is 33.9 Å². The highest BCUT2D eigenvalue weighted by atomic mass is 31.2. The zero-order valence-corrected chi connectivity index (χ0v) is 22.8. The van der Waals surface area contributed by atoms with Crippen LogP contribution in [0.1, 0.15) is 64.7 Å². The third kappa shape index (κ3) is 8.94. The highest BCUT2D eigenvalue weighted by molar-refractivity contribution is 7.57. The van der Waals surface area contributed by atoms with Gasteiger partial charge in [-0.25, -0.2) is 4.79 Å². The molecule has 7 heteroatoms. The fraction of sp³-hybridized carbons (Fsp3) is 0.500. The summed E-state index contributed by atoms with van der Waals surface area (Å²) in [4.78, 5) is 37.7. The molecule has 0 bridgehead atoms. The second-order valence-electron chi connectivity index (χ2n) is 11.1. The minimum Gasteiger partial charge on any atom is -0.351 e.